The smallest absolute Gasteiger partial charge is 0.119 e. The lowest BCUT2D eigenvalue weighted by Crippen LogP contribution is -2.28. The van der Waals surface area contributed by atoms with E-state index < -0.39 is 0 Å². The van der Waals surface area contributed by atoms with E-state index >= 15 is 0 Å². The average molecular weight is 222 g/mol. The molecule has 0 saturated heterocycles. The zero-order valence-corrected chi connectivity index (χ0v) is 10.0. The van der Waals surface area contributed by atoms with Crippen molar-refractivity contribution in [1.82, 2.24) is 0 Å². The molecule has 3 nitrogen and oxygen atoms in total. The van der Waals surface area contributed by atoms with Gasteiger partial charge in [-0.2, -0.15) is 0 Å². The Bertz CT molecular complexity index is 362. The normalized spacial score (nSPS) is 23.9. The summed E-state index contributed by atoms with van der Waals surface area (Å²) in [5.41, 5.74) is 2.53. The van der Waals surface area contributed by atoms with Crippen LogP contribution in [0.1, 0.15) is 23.7 Å². The molecular formula is C13H18O3. The highest BCUT2D eigenvalue weighted by atomic mass is 16.5. The van der Waals surface area contributed by atoms with Gasteiger partial charge < -0.3 is 14.2 Å². The van der Waals surface area contributed by atoms with Crippen molar-refractivity contribution in [3.63, 3.8) is 0 Å². The number of fused-ring (bicyclic) bond motifs is 1. The molecular weight excluding hydrogens is 204 g/mol. The van der Waals surface area contributed by atoms with Gasteiger partial charge >= 0.3 is 0 Å². The third kappa shape index (κ3) is 1.93. The molecule has 2 rings (SSSR count). The van der Waals surface area contributed by atoms with Crippen LogP contribution in [-0.2, 0) is 15.9 Å². The van der Waals surface area contributed by atoms with Crippen LogP contribution < -0.4 is 4.74 Å². The molecule has 0 amide bonds. The molecule has 1 aliphatic rings. The van der Waals surface area contributed by atoms with Crippen LogP contribution >= 0.6 is 0 Å². The summed E-state index contributed by atoms with van der Waals surface area (Å²) in [7, 11) is 5.15. The maximum Gasteiger partial charge on any atom is 0.119 e. The first kappa shape index (κ1) is 11.4. The average Bonchev–Trinajstić information content (AvgIpc) is 2.36. The maximum absolute atomic E-state index is 5.54. The highest BCUT2D eigenvalue weighted by Crippen LogP contribution is 2.35. The minimum Gasteiger partial charge on any atom is -0.497 e. The lowest BCUT2D eigenvalue weighted by molar-refractivity contribution is -0.0470. The molecule has 0 bridgehead atoms. The van der Waals surface area contributed by atoms with Crippen LogP contribution in [0.4, 0.5) is 0 Å². The van der Waals surface area contributed by atoms with Crippen molar-refractivity contribution < 1.29 is 14.2 Å². The first-order valence-corrected chi connectivity index (χ1v) is 5.52. The molecule has 0 saturated carbocycles. The molecule has 16 heavy (non-hydrogen) atoms. The molecule has 0 N–H and O–H groups in total. The van der Waals surface area contributed by atoms with E-state index in [9.17, 15) is 0 Å². The fraction of sp³-hybridized carbons (Fsp3) is 0.538. The van der Waals surface area contributed by atoms with Crippen molar-refractivity contribution in [2.45, 2.75) is 25.0 Å². The number of hydrogen-bond donors (Lipinski definition) is 0. The fourth-order valence-electron chi connectivity index (χ4n) is 2.36. The summed E-state index contributed by atoms with van der Waals surface area (Å²) < 4.78 is 16.2. The Balaban J connectivity index is 2.37. The second-order valence-electron chi connectivity index (χ2n) is 4.03. The summed E-state index contributed by atoms with van der Waals surface area (Å²) in [5, 5.41) is 0. The summed E-state index contributed by atoms with van der Waals surface area (Å²) in [6, 6.07) is 6.17. The van der Waals surface area contributed by atoms with Gasteiger partial charge in [-0.1, -0.05) is 6.07 Å². The first-order valence-electron chi connectivity index (χ1n) is 5.52. The van der Waals surface area contributed by atoms with E-state index in [2.05, 4.69) is 12.1 Å². The lowest BCUT2D eigenvalue weighted by Gasteiger charge is -2.31. The first-order chi connectivity index (χ1) is 7.80. The highest BCUT2D eigenvalue weighted by molar-refractivity contribution is 5.39. The summed E-state index contributed by atoms with van der Waals surface area (Å²) in [4.78, 5) is 0. The predicted octanol–water partition coefficient (Wildman–Crippen LogP) is 2.34. The number of aryl methyl sites for hydroxylation is 1. The van der Waals surface area contributed by atoms with Gasteiger partial charge in [0.2, 0.25) is 0 Å². The zero-order valence-electron chi connectivity index (χ0n) is 10.0. The summed E-state index contributed by atoms with van der Waals surface area (Å²) in [5.74, 6) is 0.873. The molecule has 0 aromatic heterocycles. The van der Waals surface area contributed by atoms with Crippen LogP contribution in [-0.4, -0.2) is 27.4 Å². The summed E-state index contributed by atoms with van der Waals surface area (Å²) in [6.07, 6.45) is 2.21. The summed E-state index contributed by atoms with van der Waals surface area (Å²) in [6.45, 7) is 0. The van der Waals surface area contributed by atoms with Gasteiger partial charge in [-0.25, -0.2) is 0 Å². The molecule has 0 fully saturated rings. The van der Waals surface area contributed by atoms with Crippen molar-refractivity contribution in [2.24, 2.45) is 0 Å². The van der Waals surface area contributed by atoms with Gasteiger partial charge in [-0.15, -0.1) is 0 Å². The second kappa shape index (κ2) is 4.85. The molecule has 3 heteroatoms. The van der Waals surface area contributed by atoms with Gasteiger partial charge in [-0.3, -0.25) is 0 Å². The number of ether oxygens (including phenoxy) is 3. The molecule has 1 aliphatic carbocycles. The van der Waals surface area contributed by atoms with Crippen molar-refractivity contribution in [3.8, 4) is 5.75 Å². The standard InChI is InChI=1S/C13H18O3/c1-14-10-6-4-9-5-7-12(15-2)13(16-3)11(9)8-10/h4,6,8,12-13H,5,7H2,1-3H3. The summed E-state index contributed by atoms with van der Waals surface area (Å²) >= 11 is 0. The van der Waals surface area contributed by atoms with Gasteiger partial charge in [0.1, 0.15) is 11.9 Å². The van der Waals surface area contributed by atoms with E-state index in [0.717, 1.165) is 18.6 Å². The van der Waals surface area contributed by atoms with Gasteiger partial charge in [-0.05, 0) is 36.1 Å². The van der Waals surface area contributed by atoms with E-state index in [1.54, 1.807) is 21.3 Å². The number of methoxy groups -OCH3 is 3. The zero-order chi connectivity index (χ0) is 11.5. The van der Waals surface area contributed by atoms with E-state index in [0.29, 0.717) is 0 Å². The van der Waals surface area contributed by atoms with E-state index in [1.807, 2.05) is 6.07 Å². The predicted molar refractivity (Wildman–Crippen MR) is 61.9 cm³/mol. The molecule has 2 unspecified atom stereocenters. The Morgan fingerprint density at radius 1 is 1.12 bits per heavy atom. The third-order valence-electron chi connectivity index (χ3n) is 3.25. The Morgan fingerprint density at radius 3 is 2.56 bits per heavy atom. The van der Waals surface area contributed by atoms with Crippen molar-refractivity contribution >= 4 is 0 Å². The Labute approximate surface area is 96.3 Å². The van der Waals surface area contributed by atoms with Crippen LogP contribution in [0.5, 0.6) is 5.75 Å². The van der Waals surface area contributed by atoms with Gasteiger partial charge in [0, 0.05) is 14.2 Å². The van der Waals surface area contributed by atoms with Gasteiger partial charge in [0.15, 0.2) is 0 Å². The number of hydrogen-bond acceptors (Lipinski definition) is 3. The van der Waals surface area contributed by atoms with Gasteiger partial charge in [0.25, 0.3) is 0 Å². The minimum absolute atomic E-state index is 0.0175. The maximum atomic E-state index is 5.54. The molecule has 2 atom stereocenters. The molecule has 0 radical (unpaired) electrons. The number of rotatable bonds is 3. The Hall–Kier alpha value is -1.06. The van der Waals surface area contributed by atoms with Crippen molar-refractivity contribution in [1.29, 1.82) is 0 Å². The molecule has 1 aromatic rings. The van der Waals surface area contributed by atoms with Crippen LogP contribution in [0.3, 0.4) is 0 Å². The second-order valence-corrected chi connectivity index (χ2v) is 4.03. The molecule has 0 heterocycles. The third-order valence-corrected chi connectivity index (χ3v) is 3.25. The molecule has 0 spiro atoms. The Kier molecular flexibility index (Phi) is 3.46. The SMILES string of the molecule is COc1ccc2c(c1)C(OC)C(OC)CC2. The van der Waals surface area contributed by atoms with Crippen LogP contribution in [0.15, 0.2) is 18.2 Å². The van der Waals surface area contributed by atoms with E-state index in [4.69, 9.17) is 14.2 Å². The van der Waals surface area contributed by atoms with E-state index in [1.165, 1.54) is 11.1 Å². The van der Waals surface area contributed by atoms with Crippen LogP contribution in [0.2, 0.25) is 0 Å². The number of benzene rings is 1. The van der Waals surface area contributed by atoms with Crippen LogP contribution in [0.25, 0.3) is 0 Å². The molecule has 88 valence electrons. The van der Waals surface area contributed by atoms with Crippen LogP contribution in [0, 0.1) is 0 Å². The quantitative estimate of drug-likeness (QED) is 0.785. The fourth-order valence-corrected chi connectivity index (χ4v) is 2.36. The van der Waals surface area contributed by atoms with Crippen molar-refractivity contribution in [3.05, 3.63) is 29.3 Å². The monoisotopic (exact) mass is 222 g/mol. The lowest BCUT2D eigenvalue weighted by atomic mass is 9.87. The minimum atomic E-state index is 0.0175. The van der Waals surface area contributed by atoms with Crippen molar-refractivity contribution in [2.75, 3.05) is 21.3 Å². The largest absolute Gasteiger partial charge is 0.497 e. The van der Waals surface area contributed by atoms with Gasteiger partial charge in [0.05, 0.1) is 13.2 Å². The molecule has 1 aromatic carbocycles. The highest BCUT2D eigenvalue weighted by Gasteiger charge is 2.29. The molecule has 0 aliphatic heterocycles. The topological polar surface area (TPSA) is 27.7 Å². The Morgan fingerprint density at radius 2 is 1.94 bits per heavy atom. The van der Waals surface area contributed by atoms with E-state index in [-0.39, 0.29) is 12.2 Å².